The second kappa shape index (κ2) is 12.6. The molecule has 0 spiro atoms. The Kier molecular flexibility index (Phi) is 9.11. The van der Waals surface area contributed by atoms with Gasteiger partial charge in [0.05, 0.1) is 29.2 Å². The highest BCUT2D eigenvalue weighted by Crippen LogP contribution is 2.34. The van der Waals surface area contributed by atoms with E-state index in [4.69, 9.17) is 9.47 Å². The van der Waals surface area contributed by atoms with Gasteiger partial charge in [-0.1, -0.05) is 18.2 Å². The van der Waals surface area contributed by atoms with Crippen molar-refractivity contribution in [3.05, 3.63) is 99.4 Å². The summed E-state index contributed by atoms with van der Waals surface area (Å²) < 4.78 is 68.6. The number of aromatic hydroxyl groups is 1. The molecule has 0 aliphatic heterocycles. The van der Waals surface area contributed by atoms with Crippen LogP contribution >= 0.6 is 0 Å². The third kappa shape index (κ3) is 5.78. The van der Waals surface area contributed by atoms with Crippen LogP contribution in [0.3, 0.4) is 0 Å². The number of halogens is 2. The van der Waals surface area contributed by atoms with Crippen molar-refractivity contribution in [3.8, 4) is 23.1 Å². The zero-order valence-electron chi connectivity index (χ0n) is 22.8. The Balaban J connectivity index is 1.93. The fourth-order valence-corrected chi connectivity index (χ4v) is 5.86. The Labute approximate surface area is 240 Å². The summed E-state index contributed by atoms with van der Waals surface area (Å²) in [4.78, 5) is 18.8. The molecule has 0 saturated carbocycles. The minimum atomic E-state index is -4.85. The largest absolute Gasteiger partial charge is 0.493 e. The van der Waals surface area contributed by atoms with Crippen molar-refractivity contribution in [1.29, 1.82) is 5.26 Å². The summed E-state index contributed by atoms with van der Waals surface area (Å²) in [7, 11) is -3.47. The third-order valence-electron chi connectivity index (χ3n) is 6.56. The Morgan fingerprint density at radius 3 is 2.57 bits per heavy atom. The van der Waals surface area contributed by atoms with E-state index in [2.05, 4.69) is 9.97 Å². The molecule has 0 amide bonds. The fraction of sp³-hybridized carbons (Fsp3) is 0.241. The van der Waals surface area contributed by atoms with E-state index in [1.807, 2.05) is 6.07 Å². The molecule has 2 heterocycles. The molecule has 2 aromatic carbocycles. The third-order valence-corrected chi connectivity index (χ3v) is 8.33. The van der Waals surface area contributed by atoms with Crippen LogP contribution in [0.5, 0.6) is 5.88 Å². The molecule has 0 radical (unpaired) electrons. The molecule has 2 aromatic heterocycles. The molecule has 0 bridgehead atoms. The lowest BCUT2D eigenvalue weighted by molar-refractivity contribution is 0.114. The number of nitrogens with zero attached hydrogens (tertiary/aromatic N) is 4. The van der Waals surface area contributed by atoms with Gasteiger partial charge in [0.15, 0.2) is 4.90 Å². The Morgan fingerprint density at radius 2 is 1.90 bits per heavy atom. The van der Waals surface area contributed by atoms with E-state index in [0.717, 1.165) is 22.9 Å². The quantitative estimate of drug-likeness (QED) is 0.268. The number of hydrogen-bond acceptors (Lipinski definition) is 9. The van der Waals surface area contributed by atoms with E-state index in [9.17, 15) is 28.0 Å². The van der Waals surface area contributed by atoms with Crippen LogP contribution in [0.2, 0.25) is 0 Å². The van der Waals surface area contributed by atoms with Crippen molar-refractivity contribution < 1.29 is 31.8 Å². The normalized spacial score (nSPS) is 12.2. The van der Waals surface area contributed by atoms with E-state index < -0.39 is 48.9 Å². The van der Waals surface area contributed by atoms with Crippen molar-refractivity contribution in [2.75, 3.05) is 20.3 Å². The summed E-state index contributed by atoms with van der Waals surface area (Å²) in [5.41, 5.74) is -0.396. The second-order valence-electron chi connectivity index (χ2n) is 9.12. The number of aromatic nitrogens is 3. The molecule has 0 aliphatic carbocycles. The number of hydrogen-bond donors (Lipinski definition) is 1. The van der Waals surface area contributed by atoms with Gasteiger partial charge in [-0.25, -0.2) is 17.8 Å². The molecule has 4 aromatic rings. The van der Waals surface area contributed by atoms with Crippen LogP contribution in [0.15, 0.2) is 69.3 Å². The molecule has 42 heavy (non-hydrogen) atoms. The van der Waals surface area contributed by atoms with Gasteiger partial charge in [0, 0.05) is 31.0 Å². The van der Waals surface area contributed by atoms with Gasteiger partial charge in [0.1, 0.15) is 18.2 Å². The topological polar surface area (TPSA) is 144 Å². The summed E-state index contributed by atoms with van der Waals surface area (Å²) in [5, 5.41) is 20.8. The van der Waals surface area contributed by atoms with E-state index in [1.165, 1.54) is 26.2 Å². The summed E-state index contributed by atoms with van der Waals surface area (Å²) in [5.74, 6) is -2.88. The van der Waals surface area contributed by atoms with E-state index >= 15 is 4.39 Å². The lowest BCUT2D eigenvalue weighted by Crippen LogP contribution is -2.29. The van der Waals surface area contributed by atoms with Crippen LogP contribution in [0, 0.1) is 30.0 Å². The maximum absolute atomic E-state index is 15.3. The number of ether oxygens (including phenoxy) is 2. The standard InChI is InChI=1S/C29H26F2N4O6S/c1-4-41-16-25-34-28(36)26(29(37)35(25)24(15-40-3)19-7-5-6-18(12-19)14-32)42(38,39)20-8-9-22(23(30)13-20)21-10-11-33-27(31)17(21)2/h5-13,24,37H,4,15-16H2,1-3H3. The number of pyridine rings is 1. The number of rotatable bonds is 10. The first kappa shape index (κ1) is 30.4. The molecular formula is C29H26F2N4O6S. The number of benzene rings is 2. The molecule has 4 rings (SSSR count). The van der Waals surface area contributed by atoms with Crippen LogP contribution in [-0.2, 0) is 25.9 Å². The maximum Gasteiger partial charge on any atom is 0.296 e. The summed E-state index contributed by atoms with van der Waals surface area (Å²) in [6.45, 7) is 2.95. The lowest BCUT2D eigenvalue weighted by atomic mass is 10.0. The first-order valence-electron chi connectivity index (χ1n) is 12.6. The molecule has 0 aliphatic rings. The molecule has 1 unspecified atom stereocenters. The predicted molar refractivity (Wildman–Crippen MR) is 146 cm³/mol. The number of nitriles is 1. The van der Waals surface area contributed by atoms with Gasteiger partial charge in [-0.15, -0.1) is 0 Å². The van der Waals surface area contributed by atoms with E-state index in [0.29, 0.717) is 17.2 Å². The predicted octanol–water partition coefficient (Wildman–Crippen LogP) is 4.07. The Hall–Kier alpha value is -4.51. The van der Waals surface area contributed by atoms with Gasteiger partial charge >= 0.3 is 0 Å². The van der Waals surface area contributed by atoms with Crippen LogP contribution in [0.4, 0.5) is 8.78 Å². The van der Waals surface area contributed by atoms with Gasteiger partial charge in [0.25, 0.3) is 5.56 Å². The second-order valence-corrected chi connectivity index (χ2v) is 11.0. The van der Waals surface area contributed by atoms with Gasteiger partial charge in [-0.2, -0.15) is 14.6 Å². The van der Waals surface area contributed by atoms with Crippen LogP contribution in [0.25, 0.3) is 11.1 Å². The molecule has 218 valence electrons. The molecule has 0 saturated heterocycles. The van der Waals surface area contributed by atoms with Gasteiger partial charge in [0.2, 0.25) is 21.7 Å². The molecule has 1 atom stereocenters. The Bertz CT molecular complexity index is 1850. The lowest BCUT2D eigenvalue weighted by Gasteiger charge is -2.25. The zero-order valence-corrected chi connectivity index (χ0v) is 23.7. The molecule has 0 fully saturated rings. The molecule has 10 nitrogen and oxygen atoms in total. The van der Waals surface area contributed by atoms with Gasteiger partial charge in [-0.05, 0) is 55.3 Å². The van der Waals surface area contributed by atoms with Crippen LogP contribution in [0.1, 0.15) is 35.5 Å². The SMILES string of the molecule is CCOCc1nc(=O)c(S(=O)(=O)c2ccc(-c3ccnc(F)c3C)c(F)c2)c(O)n1C(COC)c1cccc(C#N)c1. The van der Waals surface area contributed by atoms with Crippen molar-refractivity contribution >= 4 is 9.84 Å². The highest BCUT2D eigenvalue weighted by Gasteiger charge is 2.33. The Morgan fingerprint density at radius 1 is 1.14 bits per heavy atom. The van der Waals surface area contributed by atoms with Crippen LogP contribution < -0.4 is 5.56 Å². The summed E-state index contributed by atoms with van der Waals surface area (Å²) in [6, 6.07) is 11.7. The van der Waals surface area contributed by atoms with Crippen molar-refractivity contribution in [1.82, 2.24) is 14.5 Å². The summed E-state index contributed by atoms with van der Waals surface area (Å²) >= 11 is 0. The minimum absolute atomic E-state index is 0.0614. The zero-order chi connectivity index (χ0) is 30.6. The number of methoxy groups -OCH3 is 1. The smallest absolute Gasteiger partial charge is 0.296 e. The highest BCUT2D eigenvalue weighted by molar-refractivity contribution is 7.91. The maximum atomic E-state index is 15.3. The average molecular weight is 597 g/mol. The van der Waals surface area contributed by atoms with Crippen molar-refractivity contribution in [2.24, 2.45) is 0 Å². The first-order valence-corrected chi connectivity index (χ1v) is 14.1. The highest BCUT2D eigenvalue weighted by atomic mass is 32.2. The van der Waals surface area contributed by atoms with Crippen molar-refractivity contribution in [2.45, 2.75) is 36.3 Å². The minimum Gasteiger partial charge on any atom is -0.493 e. The monoisotopic (exact) mass is 596 g/mol. The fourth-order valence-electron chi connectivity index (χ4n) is 4.50. The molecule has 13 heteroatoms. The van der Waals surface area contributed by atoms with Crippen molar-refractivity contribution in [3.63, 3.8) is 0 Å². The van der Waals surface area contributed by atoms with Gasteiger partial charge in [-0.3, -0.25) is 9.36 Å². The van der Waals surface area contributed by atoms with E-state index in [1.54, 1.807) is 25.1 Å². The average Bonchev–Trinajstić information content (AvgIpc) is 2.96. The van der Waals surface area contributed by atoms with E-state index in [-0.39, 0.29) is 42.3 Å². The first-order chi connectivity index (χ1) is 20.0. The number of sulfone groups is 1. The van der Waals surface area contributed by atoms with Gasteiger partial charge < -0.3 is 14.6 Å². The molecular weight excluding hydrogens is 570 g/mol. The molecule has 1 N–H and O–H groups in total. The van der Waals surface area contributed by atoms with Crippen LogP contribution in [-0.4, -0.2) is 48.4 Å². The summed E-state index contributed by atoms with van der Waals surface area (Å²) in [6.07, 6.45) is 1.15.